The van der Waals surface area contributed by atoms with Crippen LogP contribution < -0.4 is 0 Å². The van der Waals surface area contributed by atoms with Crippen LogP contribution in [0.25, 0.3) is 11.5 Å². The molecule has 0 aliphatic rings. The van der Waals surface area contributed by atoms with E-state index in [9.17, 15) is 18.0 Å². The van der Waals surface area contributed by atoms with Crippen molar-refractivity contribution < 1.29 is 27.5 Å². The molecule has 1 heterocycles. The lowest BCUT2D eigenvalue weighted by molar-refractivity contribution is -0.141. The van der Waals surface area contributed by atoms with Gasteiger partial charge < -0.3 is 9.52 Å². The van der Waals surface area contributed by atoms with Crippen molar-refractivity contribution in [3.05, 3.63) is 39.7 Å². The number of carbonyl (C=O) groups is 1. The Balaban J connectivity index is 2.58. The lowest BCUT2D eigenvalue weighted by atomic mass is 10.1. The summed E-state index contributed by atoms with van der Waals surface area (Å²) in [6, 6.07) is 4.65. The fraction of sp³-hybridized carbons (Fsp3) is 0.167. The second-order valence-electron chi connectivity index (χ2n) is 3.96. The number of alkyl halides is 3. The zero-order chi connectivity index (χ0) is 15.1. The minimum atomic E-state index is -4.89. The molecule has 2 rings (SSSR count). The highest BCUT2D eigenvalue weighted by atomic mass is 79.9. The molecular formula is C12H7BrF3NO3. The highest BCUT2D eigenvalue weighted by molar-refractivity contribution is 9.10. The van der Waals surface area contributed by atoms with E-state index in [0.717, 1.165) is 5.56 Å². The molecule has 0 fully saturated rings. The number of nitrogens with zero attached hydrogens (tertiary/aromatic N) is 1. The zero-order valence-electron chi connectivity index (χ0n) is 9.95. The topological polar surface area (TPSA) is 63.3 Å². The van der Waals surface area contributed by atoms with Gasteiger partial charge in [-0.2, -0.15) is 13.2 Å². The minimum absolute atomic E-state index is 0.250. The maximum Gasteiger partial charge on any atom is 0.437 e. The van der Waals surface area contributed by atoms with Gasteiger partial charge in [0.25, 0.3) is 0 Å². The Morgan fingerprint density at radius 3 is 2.50 bits per heavy atom. The van der Waals surface area contributed by atoms with Gasteiger partial charge in [-0.15, -0.1) is 0 Å². The van der Waals surface area contributed by atoms with Crippen molar-refractivity contribution in [2.75, 3.05) is 0 Å². The SMILES string of the molecule is Cc1ccc(-c2nc(C(F)(F)F)c(C(=O)O)o2)cc1Br. The summed E-state index contributed by atoms with van der Waals surface area (Å²) < 4.78 is 43.4. The summed E-state index contributed by atoms with van der Waals surface area (Å²) in [6.07, 6.45) is -4.89. The highest BCUT2D eigenvalue weighted by Gasteiger charge is 2.41. The molecule has 1 aromatic carbocycles. The van der Waals surface area contributed by atoms with Gasteiger partial charge in [0.1, 0.15) is 0 Å². The number of rotatable bonds is 2. The molecule has 0 aliphatic heterocycles. The van der Waals surface area contributed by atoms with Crippen molar-refractivity contribution >= 4 is 21.9 Å². The number of aromatic nitrogens is 1. The smallest absolute Gasteiger partial charge is 0.437 e. The Morgan fingerprint density at radius 2 is 2.05 bits per heavy atom. The van der Waals surface area contributed by atoms with E-state index in [4.69, 9.17) is 9.52 Å². The molecule has 4 nitrogen and oxygen atoms in total. The van der Waals surface area contributed by atoms with Gasteiger partial charge in [-0.25, -0.2) is 9.78 Å². The Labute approximate surface area is 119 Å². The van der Waals surface area contributed by atoms with Crippen LogP contribution in [0.1, 0.15) is 21.8 Å². The van der Waals surface area contributed by atoms with Crippen LogP contribution in [-0.4, -0.2) is 16.1 Å². The van der Waals surface area contributed by atoms with Gasteiger partial charge in [0, 0.05) is 10.0 Å². The summed E-state index contributed by atoms with van der Waals surface area (Å²) in [4.78, 5) is 14.0. The average molecular weight is 350 g/mol. The number of aromatic carboxylic acids is 1. The van der Waals surface area contributed by atoms with E-state index in [-0.39, 0.29) is 5.56 Å². The number of aryl methyl sites for hydroxylation is 1. The Morgan fingerprint density at radius 1 is 1.40 bits per heavy atom. The van der Waals surface area contributed by atoms with Crippen LogP contribution in [0.15, 0.2) is 27.1 Å². The number of hydrogen-bond donors (Lipinski definition) is 1. The van der Waals surface area contributed by atoms with E-state index in [0.29, 0.717) is 4.47 Å². The van der Waals surface area contributed by atoms with Gasteiger partial charge in [0.05, 0.1) is 0 Å². The first-order valence-corrected chi connectivity index (χ1v) is 6.07. The standard InChI is InChI=1S/C12H7BrF3NO3/c1-5-2-3-6(4-7(5)13)10-17-9(12(14,15)16)8(20-10)11(18)19/h2-4H,1H3,(H,18,19). The van der Waals surface area contributed by atoms with Gasteiger partial charge in [-0.3, -0.25) is 0 Å². The van der Waals surface area contributed by atoms with E-state index in [1.165, 1.54) is 12.1 Å². The molecule has 0 bridgehead atoms. The van der Waals surface area contributed by atoms with Crippen LogP contribution in [0.3, 0.4) is 0 Å². The molecule has 106 valence electrons. The molecule has 2 aromatic rings. The van der Waals surface area contributed by atoms with E-state index >= 15 is 0 Å². The van der Waals surface area contributed by atoms with Crippen molar-refractivity contribution in [3.63, 3.8) is 0 Å². The van der Waals surface area contributed by atoms with E-state index in [2.05, 4.69) is 20.9 Å². The summed E-state index contributed by atoms with van der Waals surface area (Å²) in [5, 5.41) is 8.74. The van der Waals surface area contributed by atoms with Crippen molar-refractivity contribution in [3.8, 4) is 11.5 Å². The molecule has 0 amide bonds. The Kier molecular flexibility index (Phi) is 3.59. The quantitative estimate of drug-likeness (QED) is 0.885. The highest BCUT2D eigenvalue weighted by Crippen LogP contribution is 2.35. The van der Waals surface area contributed by atoms with Crippen LogP contribution in [0.2, 0.25) is 0 Å². The molecule has 0 unspecified atom stereocenters. The summed E-state index contributed by atoms with van der Waals surface area (Å²) in [7, 11) is 0. The van der Waals surface area contributed by atoms with Gasteiger partial charge in [0.2, 0.25) is 11.7 Å². The summed E-state index contributed by atoms with van der Waals surface area (Å²) in [5.74, 6) is -3.43. The first-order valence-electron chi connectivity index (χ1n) is 5.28. The fourth-order valence-electron chi connectivity index (χ4n) is 1.51. The Hall–Kier alpha value is -1.83. The van der Waals surface area contributed by atoms with Gasteiger partial charge in [-0.1, -0.05) is 22.0 Å². The summed E-state index contributed by atoms with van der Waals surface area (Å²) in [5.41, 5.74) is -0.424. The minimum Gasteiger partial charge on any atom is -0.475 e. The molecular weight excluding hydrogens is 343 g/mol. The summed E-state index contributed by atoms with van der Waals surface area (Å²) >= 11 is 3.23. The fourth-order valence-corrected chi connectivity index (χ4v) is 1.89. The van der Waals surface area contributed by atoms with Crippen molar-refractivity contribution in [2.24, 2.45) is 0 Å². The monoisotopic (exact) mass is 349 g/mol. The molecule has 0 saturated heterocycles. The largest absolute Gasteiger partial charge is 0.475 e. The number of hydrogen-bond acceptors (Lipinski definition) is 3. The average Bonchev–Trinajstić information content (AvgIpc) is 2.77. The lowest BCUT2D eigenvalue weighted by Crippen LogP contribution is -2.11. The number of benzene rings is 1. The van der Waals surface area contributed by atoms with Crippen LogP contribution in [0, 0.1) is 6.92 Å². The van der Waals surface area contributed by atoms with E-state index in [1.807, 2.05) is 0 Å². The first kappa shape index (κ1) is 14.6. The van der Waals surface area contributed by atoms with Gasteiger partial charge in [-0.05, 0) is 24.6 Å². The Bertz CT molecular complexity index is 679. The predicted molar refractivity (Wildman–Crippen MR) is 66.3 cm³/mol. The molecule has 8 heteroatoms. The molecule has 0 radical (unpaired) electrons. The molecule has 0 spiro atoms. The molecule has 0 atom stereocenters. The van der Waals surface area contributed by atoms with E-state index in [1.54, 1.807) is 13.0 Å². The number of carboxylic acid groups (broad SMARTS) is 1. The lowest BCUT2D eigenvalue weighted by Gasteiger charge is -2.01. The normalized spacial score (nSPS) is 11.7. The maximum absolute atomic E-state index is 12.7. The second-order valence-corrected chi connectivity index (χ2v) is 4.82. The zero-order valence-corrected chi connectivity index (χ0v) is 11.5. The second kappa shape index (κ2) is 4.93. The number of carboxylic acids is 1. The summed E-state index contributed by atoms with van der Waals surface area (Å²) in [6.45, 7) is 1.80. The van der Waals surface area contributed by atoms with Gasteiger partial charge >= 0.3 is 12.1 Å². The molecule has 20 heavy (non-hydrogen) atoms. The molecule has 1 N–H and O–H groups in total. The van der Waals surface area contributed by atoms with E-state index < -0.39 is 29.5 Å². The van der Waals surface area contributed by atoms with Crippen molar-refractivity contribution in [2.45, 2.75) is 13.1 Å². The first-order chi connectivity index (χ1) is 9.20. The third-order valence-electron chi connectivity index (χ3n) is 2.51. The maximum atomic E-state index is 12.7. The molecule has 1 aromatic heterocycles. The van der Waals surface area contributed by atoms with Crippen LogP contribution in [0.4, 0.5) is 13.2 Å². The number of halogens is 4. The van der Waals surface area contributed by atoms with Crippen molar-refractivity contribution in [1.82, 2.24) is 4.98 Å². The third-order valence-corrected chi connectivity index (χ3v) is 3.36. The van der Waals surface area contributed by atoms with Crippen LogP contribution >= 0.6 is 15.9 Å². The van der Waals surface area contributed by atoms with Gasteiger partial charge in [0.15, 0.2) is 5.69 Å². The third kappa shape index (κ3) is 2.69. The van der Waals surface area contributed by atoms with Crippen LogP contribution in [0.5, 0.6) is 0 Å². The van der Waals surface area contributed by atoms with Crippen LogP contribution in [-0.2, 0) is 6.18 Å². The molecule has 0 saturated carbocycles. The molecule has 0 aliphatic carbocycles. The van der Waals surface area contributed by atoms with Crippen molar-refractivity contribution in [1.29, 1.82) is 0 Å². The predicted octanol–water partition coefficient (Wildman–Crippen LogP) is 4.13. The number of oxazole rings is 1.